The second-order valence-corrected chi connectivity index (χ2v) is 4.72. The summed E-state index contributed by atoms with van der Waals surface area (Å²) in [6.07, 6.45) is 2.25. The van der Waals surface area contributed by atoms with E-state index in [0.717, 1.165) is 19.4 Å². The topological polar surface area (TPSA) is 54.0 Å². The van der Waals surface area contributed by atoms with E-state index in [0.29, 0.717) is 18.2 Å². The van der Waals surface area contributed by atoms with Gasteiger partial charge in [0.25, 0.3) is 5.91 Å². The minimum absolute atomic E-state index is 0.134. The molecule has 1 aromatic rings. The lowest BCUT2D eigenvalue weighted by Crippen LogP contribution is -2.37. The van der Waals surface area contributed by atoms with Crippen molar-refractivity contribution in [3.8, 4) is 0 Å². The molecule has 0 saturated carbocycles. The average molecular weight is 274 g/mol. The van der Waals surface area contributed by atoms with E-state index in [2.05, 4.69) is 15.6 Å². The Kier molecular flexibility index (Phi) is 4.20. The number of hydrogen-bond acceptors (Lipinski definition) is 3. The molecule has 2 N–H and O–H groups in total. The van der Waals surface area contributed by atoms with Crippen LogP contribution in [0.2, 0.25) is 10.3 Å². The molecule has 1 aliphatic rings. The second-order valence-electron chi connectivity index (χ2n) is 3.98. The third-order valence-electron chi connectivity index (χ3n) is 2.73. The first-order valence-electron chi connectivity index (χ1n) is 5.50. The molecule has 0 spiro atoms. The van der Waals surface area contributed by atoms with Gasteiger partial charge in [-0.1, -0.05) is 23.2 Å². The molecule has 0 bridgehead atoms. The van der Waals surface area contributed by atoms with Crippen molar-refractivity contribution in [2.75, 3.05) is 13.1 Å². The van der Waals surface area contributed by atoms with Crippen LogP contribution in [0.25, 0.3) is 0 Å². The number of nitrogens with one attached hydrogen (secondary N) is 2. The van der Waals surface area contributed by atoms with Gasteiger partial charge in [-0.2, -0.15) is 0 Å². The molecular formula is C11H13Cl2N3O. The second kappa shape index (κ2) is 5.67. The van der Waals surface area contributed by atoms with Crippen LogP contribution >= 0.6 is 23.2 Å². The fraction of sp³-hybridized carbons (Fsp3) is 0.455. The van der Waals surface area contributed by atoms with Crippen molar-refractivity contribution >= 4 is 29.1 Å². The van der Waals surface area contributed by atoms with Crippen molar-refractivity contribution in [2.24, 2.45) is 0 Å². The van der Waals surface area contributed by atoms with Crippen molar-refractivity contribution in [3.63, 3.8) is 0 Å². The van der Waals surface area contributed by atoms with E-state index in [-0.39, 0.29) is 16.2 Å². The Balaban J connectivity index is 1.94. The van der Waals surface area contributed by atoms with Gasteiger partial charge >= 0.3 is 0 Å². The van der Waals surface area contributed by atoms with Crippen LogP contribution < -0.4 is 10.6 Å². The SMILES string of the molecule is O=C(NC[C@H]1CCCN1)c1ccc(Cl)nc1Cl. The first-order chi connectivity index (χ1) is 8.16. The lowest BCUT2D eigenvalue weighted by atomic mass is 10.2. The molecule has 1 amide bonds. The molecule has 0 radical (unpaired) electrons. The van der Waals surface area contributed by atoms with Gasteiger partial charge in [0.05, 0.1) is 5.56 Å². The van der Waals surface area contributed by atoms with Crippen molar-refractivity contribution in [1.29, 1.82) is 0 Å². The normalized spacial score (nSPS) is 19.3. The van der Waals surface area contributed by atoms with E-state index < -0.39 is 0 Å². The molecule has 0 aliphatic carbocycles. The summed E-state index contributed by atoms with van der Waals surface area (Å²) < 4.78 is 0. The number of halogens is 2. The Labute approximate surface area is 110 Å². The van der Waals surface area contributed by atoms with Gasteiger partial charge in [0.2, 0.25) is 0 Å². The average Bonchev–Trinajstić information content (AvgIpc) is 2.78. The van der Waals surface area contributed by atoms with Crippen LogP contribution in [-0.2, 0) is 0 Å². The zero-order valence-electron chi connectivity index (χ0n) is 9.17. The summed E-state index contributed by atoms with van der Waals surface area (Å²) in [5.41, 5.74) is 0.356. The van der Waals surface area contributed by atoms with Crippen LogP contribution in [0.4, 0.5) is 0 Å². The molecule has 1 aliphatic heterocycles. The lowest BCUT2D eigenvalue weighted by Gasteiger charge is -2.11. The molecule has 2 heterocycles. The van der Waals surface area contributed by atoms with E-state index in [9.17, 15) is 4.79 Å². The Hall–Kier alpha value is -0.840. The summed E-state index contributed by atoms with van der Waals surface area (Å²) in [7, 11) is 0. The molecule has 1 saturated heterocycles. The zero-order valence-corrected chi connectivity index (χ0v) is 10.7. The smallest absolute Gasteiger partial charge is 0.254 e. The standard InChI is InChI=1S/C11H13Cl2N3O/c12-9-4-3-8(10(13)16-9)11(17)15-6-7-2-1-5-14-7/h3-4,7,14H,1-2,5-6H2,(H,15,17)/t7-/m1/s1. The molecule has 1 atom stereocenters. The lowest BCUT2D eigenvalue weighted by molar-refractivity contribution is 0.0950. The summed E-state index contributed by atoms with van der Waals surface area (Å²) in [5, 5.41) is 6.55. The van der Waals surface area contributed by atoms with E-state index >= 15 is 0 Å². The number of aromatic nitrogens is 1. The maximum atomic E-state index is 11.8. The van der Waals surface area contributed by atoms with E-state index in [4.69, 9.17) is 23.2 Å². The summed E-state index contributed by atoms with van der Waals surface area (Å²) >= 11 is 11.5. The van der Waals surface area contributed by atoms with Crippen molar-refractivity contribution in [3.05, 3.63) is 28.0 Å². The highest BCUT2D eigenvalue weighted by Crippen LogP contribution is 2.16. The van der Waals surface area contributed by atoms with E-state index in [1.807, 2.05) is 0 Å². The third-order valence-corrected chi connectivity index (χ3v) is 3.23. The highest BCUT2D eigenvalue weighted by molar-refractivity contribution is 6.34. The maximum absolute atomic E-state index is 11.8. The van der Waals surface area contributed by atoms with Gasteiger partial charge in [-0.25, -0.2) is 4.98 Å². The molecule has 0 unspecified atom stereocenters. The van der Waals surface area contributed by atoms with E-state index in [1.54, 1.807) is 12.1 Å². The molecule has 1 aromatic heterocycles. The van der Waals surface area contributed by atoms with Gasteiger partial charge in [-0.05, 0) is 31.5 Å². The van der Waals surface area contributed by atoms with Crippen molar-refractivity contribution in [1.82, 2.24) is 15.6 Å². The molecule has 4 nitrogen and oxygen atoms in total. The number of pyridine rings is 1. The summed E-state index contributed by atoms with van der Waals surface area (Å²) in [6.45, 7) is 1.63. The Morgan fingerprint density at radius 2 is 2.35 bits per heavy atom. The minimum atomic E-state index is -0.215. The van der Waals surface area contributed by atoms with Crippen LogP contribution in [0.3, 0.4) is 0 Å². The van der Waals surface area contributed by atoms with Crippen LogP contribution in [0.5, 0.6) is 0 Å². The van der Waals surface area contributed by atoms with Gasteiger partial charge in [-0.15, -0.1) is 0 Å². The monoisotopic (exact) mass is 273 g/mol. The van der Waals surface area contributed by atoms with Gasteiger partial charge in [0, 0.05) is 12.6 Å². The molecule has 92 valence electrons. The number of nitrogens with zero attached hydrogens (tertiary/aromatic N) is 1. The van der Waals surface area contributed by atoms with Gasteiger partial charge in [0.15, 0.2) is 0 Å². The Morgan fingerprint density at radius 3 is 3.00 bits per heavy atom. The van der Waals surface area contributed by atoms with Gasteiger partial charge < -0.3 is 10.6 Å². The molecule has 0 aromatic carbocycles. The number of amides is 1. The highest BCUT2D eigenvalue weighted by atomic mass is 35.5. The molecule has 6 heteroatoms. The largest absolute Gasteiger partial charge is 0.350 e. The fourth-order valence-corrected chi connectivity index (χ4v) is 2.25. The van der Waals surface area contributed by atoms with Crippen LogP contribution in [-0.4, -0.2) is 30.0 Å². The maximum Gasteiger partial charge on any atom is 0.254 e. The summed E-state index contributed by atoms with van der Waals surface area (Å²) in [5.74, 6) is -0.215. The number of rotatable bonds is 3. The first-order valence-corrected chi connectivity index (χ1v) is 6.26. The van der Waals surface area contributed by atoms with Gasteiger partial charge in [0.1, 0.15) is 10.3 Å². The number of carbonyl (C=O) groups is 1. The Bertz CT molecular complexity index is 419. The zero-order chi connectivity index (χ0) is 12.3. The molecule has 2 rings (SSSR count). The summed E-state index contributed by atoms with van der Waals surface area (Å²) in [4.78, 5) is 15.7. The van der Waals surface area contributed by atoms with Crippen molar-refractivity contribution in [2.45, 2.75) is 18.9 Å². The Morgan fingerprint density at radius 1 is 1.53 bits per heavy atom. The van der Waals surface area contributed by atoms with Gasteiger partial charge in [-0.3, -0.25) is 4.79 Å². The van der Waals surface area contributed by atoms with E-state index in [1.165, 1.54) is 0 Å². The first kappa shape index (κ1) is 12.6. The highest BCUT2D eigenvalue weighted by Gasteiger charge is 2.16. The molecular weight excluding hydrogens is 261 g/mol. The van der Waals surface area contributed by atoms with Crippen LogP contribution in [0, 0.1) is 0 Å². The quantitative estimate of drug-likeness (QED) is 0.827. The number of carbonyl (C=O) groups excluding carboxylic acids is 1. The molecule has 17 heavy (non-hydrogen) atoms. The predicted octanol–water partition coefficient (Wildman–Crippen LogP) is 1.87. The fourth-order valence-electron chi connectivity index (χ4n) is 1.82. The predicted molar refractivity (Wildman–Crippen MR) is 67.6 cm³/mol. The number of hydrogen-bond donors (Lipinski definition) is 2. The van der Waals surface area contributed by atoms with Crippen LogP contribution in [0.15, 0.2) is 12.1 Å². The molecule has 1 fully saturated rings. The van der Waals surface area contributed by atoms with Crippen LogP contribution in [0.1, 0.15) is 23.2 Å². The minimum Gasteiger partial charge on any atom is -0.350 e. The summed E-state index contributed by atoms with van der Waals surface area (Å²) in [6, 6.07) is 3.49. The van der Waals surface area contributed by atoms with Crippen molar-refractivity contribution < 1.29 is 4.79 Å². The third kappa shape index (κ3) is 3.31.